The molecule has 5 rings (SSSR count). The van der Waals surface area contributed by atoms with E-state index >= 15 is 0 Å². The molecule has 4 bridgehead atoms. The Hall–Kier alpha value is -2.55. The first-order valence-corrected chi connectivity index (χ1v) is 12.7. The van der Waals surface area contributed by atoms with Gasteiger partial charge in [-0.2, -0.15) is 5.10 Å². The summed E-state index contributed by atoms with van der Waals surface area (Å²) < 4.78 is 12.3. The maximum absolute atomic E-state index is 13.5. The molecule has 0 aromatic carbocycles. The number of carbonyl (C=O) groups excluding carboxylic acids is 2. The molecule has 9 heteroatoms. The zero-order valence-corrected chi connectivity index (χ0v) is 21.5. The number of aliphatic hydroxyl groups is 1. The fraction of sp³-hybridized carbons (Fsp3) is 0.731. The Morgan fingerprint density at radius 1 is 1.29 bits per heavy atom. The lowest BCUT2D eigenvalue weighted by atomic mass is 9.48. The molecule has 2 atom stereocenters. The second kappa shape index (κ2) is 9.84. The van der Waals surface area contributed by atoms with Crippen LogP contribution in [-0.4, -0.2) is 58.8 Å². The first-order chi connectivity index (χ1) is 16.5. The Bertz CT molecular complexity index is 953. The fourth-order valence-electron chi connectivity index (χ4n) is 6.47. The van der Waals surface area contributed by atoms with E-state index in [1.165, 1.54) is 11.8 Å². The molecule has 2 unspecified atom stereocenters. The second-order valence-electron chi connectivity index (χ2n) is 11.8. The summed E-state index contributed by atoms with van der Waals surface area (Å²) in [5.41, 5.74) is -0.233. The number of nitrogens with one attached hydrogen (secondary N) is 2. The molecule has 0 spiro atoms. The average Bonchev–Trinajstić information content (AvgIpc) is 3.21. The molecule has 0 radical (unpaired) electrons. The van der Waals surface area contributed by atoms with Gasteiger partial charge in [-0.15, -0.1) is 0 Å². The molecule has 0 aliphatic heterocycles. The minimum absolute atomic E-state index is 0.0595. The summed E-state index contributed by atoms with van der Waals surface area (Å²) >= 11 is 0. The van der Waals surface area contributed by atoms with Crippen molar-refractivity contribution in [3.8, 4) is 5.88 Å². The van der Waals surface area contributed by atoms with E-state index in [-0.39, 0.29) is 29.9 Å². The van der Waals surface area contributed by atoms with Crippen molar-refractivity contribution in [2.75, 3.05) is 20.3 Å². The van der Waals surface area contributed by atoms with Gasteiger partial charge in [0.05, 0.1) is 25.5 Å². The first-order valence-electron chi connectivity index (χ1n) is 12.7. The Kier molecular flexibility index (Phi) is 7.18. The van der Waals surface area contributed by atoms with Crippen molar-refractivity contribution in [3.63, 3.8) is 0 Å². The molecule has 4 saturated carbocycles. The number of carbonyl (C=O) groups is 2. The highest BCUT2D eigenvalue weighted by Crippen LogP contribution is 2.59. The van der Waals surface area contributed by atoms with Crippen LogP contribution < -0.4 is 15.4 Å². The molecule has 2 amide bonds. The molecule has 1 heterocycles. The third-order valence-electron chi connectivity index (χ3n) is 7.82. The number of aliphatic hydroxyl groups excluding tert-OH is 1. The average molecular weight is 489 g/mol. The van der Waals surface area contributed by atoms with Gasteiger partial charge < -0.3 is 25.2 Å². The van der Waals surface area contributed by atoms with Crippen molar-refractivity contribution in [1.82, 2.24) is 20.4 Å². The van der Waals surface area contributed by atoms with Crippen molar-refractivity contribution >= 4 is 18.2 Å². The van der Waals surface area contributed by atoms with Gasteiger partial charge in [0.25, 0.3) is 5.91 Å². The largest absolute Gasteiger partial charge is 0.477 e. The predicted octanol–water partition coefficient (Wildman–Crippen LogP) is 3.44. The summed E-state index contributed by atoms with van der Waals surface area (Å²) in [6.07, 6.45) is 9.84. The van der Waals surface area contributed by atoms with Crippen LogP contribution >= 0.6 is 0 Å². The van der Waals surface area contributed by atoms with Crippen LogP contribution in [0.15, 0.2) is 12.3 Å². The second-order valence-corrected chi connectivity index (χ2v) is 11.8. The maximum Gasteiger partial charge on any atom is 0.407 e. The number of alkyl carbamates (subject to hydrolysis) is 1. The zero-order chi connectivity index (χ0) is 25.4. The molecular formula is C26H40N4O5. The molecule has 4 aliphatic rings. The van der Waals surface area contributed by atoms with Gasteiger partial charge in [0.1, 0.15) is 5.56 Å². The Morgan fingerprint density at radius 2 is 1.97 bits per heavy atom. The van der Waals surface area contributed by atoms with Crippen LogP contribution in [0, 0.1) is 29.1 Å². The zero-order valence-electron chi connectivity index (χ0n) is 21.5. The number of rotatable bonds is 9. The molecule has 4 fully saturated rings. The van der Waals surface area contributed by atoms with Gasteiger partial charge >= 0.3 is 6.09 Å². The van der Waals surface area contributed by atoms with E-state index < -0.39 is 11.6 Å². The number of aromatic nitrogens is 2. The highest BCUT2D eigenvalue weighted by Gasteiger charge is 2.55. The standard InChI is InChI=1S/C26H40N4O5/c1-16(2)14-35-23-20(13-27-30(23)7-6-25(3,4)29-24(33)34-5)22(32)28-21-18-8-17-9-19(21)12-26(10-17,11-18)15-31/h6-7,13,16-19,21,31H,8-12,14-15H2,1-5H3,(H,28,32)(H,29,33)/b7-6+/t17?,18?,19?,21-,26-. The van der Waals surface area contributed by atoms with E-state index in [9.17, 15) is 14.7 Å². The molecular weight excluding hydrogens is 448 g/mol. The monoisotopic (exact) mass is 488 g/mol. The lowest BCUT2D eigenvalue weighted by molar-refractivity contribution is -0.0969. The number of hydrogen-bond donors (Lipinski definition) is 3. The molecule has 3 N–H and O–H groups in total. The van der Waals surface area contributed by atoms with E-state index in [2.05, 4.69) is 15.7 Å². The summed E-state index contributed by atoms with van der Waals surface area (Å²) in [6, 6.07) is 0.124. The lowest BCUT2D eigenvalue weighted by Gasteiger charge is -2.59. The van der Waals surface area contributed by atoms with E-state index in [4.69, 9.17) is 9.47 Å². The van der Waals surface area contributed by atoms with Crippen LogP contribution in [0.5, 0.6) is 5.88 Å². The van der Waals surface area contributed by atoms with Crippen molar-refractivity contribution in [2.45, 2.75) is 71.4 Å². The number of ether oxygens (including phenoxy) is 2. The molecule has 4 aliphatic carbocycles. The van der Waals surface area contributed by atoms with Crippen molar-refractivity contribution in [2.24, 2.45) is 29.1 Å². The Labute approximate surface area is 207 Å². The van der Waals surface area contributed by atoms with Crippen LogP contribution in [0.2, 0.25) is 0 Å². The molecule has 1 aromatic heterocycles. The minimum atomic E-state index is -0.695. The normalized spacial score (nSPS) is 29.6. The van der Waals surface area contributed by atoms with E-state index in [0.717, 1.165) is 32.1 Å². The van der Waals surface area contributed by atoms with E-state index in [1.807, 2.05) is 27.7 Å². The van der Waals surface area contributed by atoms with Gasteiger partial charge in [-0.25, -0.2) is 9.48 Å². The highest BCUT2D eigenvalue weighted by molar-refractivity contribution is 5.96. The van der Waals surface area contributed by atoms with E-state index in [0.29, 0.717) is 35.8 Å². The maximum atomic E-state index is 13.5. The van der Waals surface area contributed by atoms with Crippen LogP contribution in [0.25, 0.3) is 6.20 Å². The third-order valence-corrected chi connectivity index (χ3v) is 7.82. The van der Waals surface area contributed by atoms with Crippen LogP contribution in [0.1, 0.15) is 70.2 Å². The van der Waals surface area contributed by atoms with Gasteiger partial charge in [0.2, 0.25) is 5.88 Å². The number of hydrogen-bond acceptors (Lipinski definition) is 6. The van der Waals surface area contributed by atoms with Gasteiger partial charge in [0.15, 0.2) is 0 Å². The van der Waals surface area contributed by atoms with Gasteiger partial charge in [-0.1, -0.05) is 13.8 Å². The molecule has 1 aromatic rings. The predicted molar refractivity (Wildman–Crippen MR) is 132 cm³/mol. The summed E-state index contributed by atoms with van der Waals surface area (Å²) in [6.45, 7) is 8.45. The molecule has 194 valence electrons. The van der Waals surface area contributed by atoms with Gasteiger partial charge in [-0.05, 0) is 81.1 Å². The first kappa shape index (κ1) is 25.5. The number of amides is 2. The molecule has 35 heavy (non-hydrogen) atoms. The van der Waals surface area contributed by atoms with Gasteiger partial charge in [0, 0.05) is 18.8 Å². The highest BCUT2D eigenvalue weighted by atomic mass is 16.5. The number of methoxy groups -OCH3 is 1. The number of nitrogens with zero attached hydrogens (tertiary/aromatic N) is 2. The van der Waals surface area contributed by atoms with Crippen molar-refractivity contribution in [3.05, 3.63) is 17.8 Å². The fourth-order valence-corrected chi connectivity index (χ4v) is 6.47. The third kappa shape index (κ3) is 5.50. The summed E-state index contributed by atoms with van der Waals surface area (Å²) in [5.74, 6) is 1.99. The minimum Gasteiger partial charge on any atom is -0.477 e. The van der Waals surface area contributed by atoms with Crippen LogP contribution in [0.3, 0.4) is 0 Å². The summed E-state index contributed by atoms with van der Waals surface area (Å²) in [4.78, 5) is 25.1. The smallest absolute Gasteiger partial charge is 0.407 e. The topological polar surface area (TPSA) is 115 Å². The van der Waals surface area contributed by atoms with Crippen molar-refractivity contribution in [1.29, 1.82) is 0 Å². The molecule has 0 saturated heterocycles. The Morgan fingerprint density at radius 3 is 2.57 bits per heavy atom. The van der Waals surface area contributed by atoms with E-state index in [1.54, 1.807) is 18.5 Å². The lowest BCUT2D eigenvalue weighted by Crippen LogP contribution is -2.60. The SMILES string of the molecule is COC(=O)NC(C)(C)/C=C/n1ncc(C(=O)N[C@H]2C3CC4CC2C[C@](CO)(C4)C3)c1OCC(C)C. The summed E-state index contributed by atoms with van der Waals surface area (Å²) in [7, 11) is 1.32. The van der Waals surface area contributed by atoms with Gasteiger partial charge in [-0.3, -0.25) is 4.79 Å². The molecule has 9 nitrogen and oxygen atoms in total. The van der Waals surface area contributed by atoms with Crippen LogP contribution in [0.4, 0.5) is 4.79 Å². The quantitative estimate of drug-likeness (QED) is 0.491. The van der Waals surface area contributed by atoms with Crippen LogP contribution in [-0.2, 0) is 4.74 Å². The Balaban J connectivity index is 1.52. The van der Waals surface area contributed by atoms with Crippen molar-refractivity contribution < 1.29 is 24.2 Å². The summed E-state index contributed by atoms with van der Waals surface area (Å²) in [5, 5.41) is 20.5.